The number of benzene rings is 1. The molecular weight excluding hydrogens is 264 g/mol. The van der Waals surface area contributed by atoms with Gasteiger partial charge in [-0.25, -0.2) is 0 Å². The first kappa shape index (κ1) is 15.4. The zero-order valence-electron chi connectivity index (χ0n) is 10.7. The van der Waals surface area contributed by atoms with Crippen LogP contribution in [-0.4, -0.2) is 11.3 Å². The summed E-state index contributed by atoms with van der Waals surface area (Å²) in [6.07, 6.45) is 2.88. The van der Waals surface area contributed by atoms with E-state index >= 15 is 0 Å². The van der Waals surface area contributed by atoms with Crippen LogP contribution in [0.5, 0.6) is 0 Å². The maximum atomic E-state index is 8.78. The molecule has 0 saturated heterocycles. The first-order chi connectivity index (χ1) is 8.53. The van der Waals surface area contributed by atoms with Crippen molar-refractivity contribution in [2.45, 2.75) is 37.5 Å². The SMILES string of the molecule is CC(N)(C#N)CCCCSCc1ccc(Cl)cc1. The molecule has 1 rings (SSSR count). The molecule has 1 aromatic rings. The zero-order valence-corrected chi connectivity index (χ0v) is 12.2. The molecule has 0 heterocycles. The van der Waals surface area contributed by atoms with E-state index in [9.17, 15) is 0 Å². The van der Waals surface area contributed by atoms with Gasteiger partial charge < -0.3 is 5.73 Å². The van der Waals surface area contributed by atoms with Gasteiger partial charge >= 0.3 is 0 Å². The number of hydrogen-bond donors (Lipinski definition) is 1. The summed E-state index contributed by atoms with van der Waals surface area (Å²) in [7, 11) is 0. The smallest absolute Gasteiger partial charge is 0.101 e. The topological polar surface area (TPSA) is 49.8 Å². The molecule has 1 aromatic carbocycles. The minimum atomic E-state index is -0.666. The second-order valence-corrected chi connectivity index (χ2v) is 6.21. The molecule has 98 valence electrons. The summed E-state index contributed by atoms with van der Waals surface area (Å²) in [6, 6.07) is 10.1. The molecule has 0 aliphatic rings. The lowest BCUT2D eigenvalue weighted by Gasteiger charge is -2.14. The van der Waals surface area contributed by atoms with Crippen LogP contribution in [0.3, 0.4) is 0 Å². The van der Waals surface area contributed by atoms with E-state index in [-0.39, 0.29) is 0 Å². The van der Waals surface area contributed by atoms with Crippen LogP contribution in [0.4, 0.5) is 0 Å². The van der Waals surface area contributed by atoms with Crippen molar-refractivity contribution in [1.82, 2.24) is 0 Å². The molecule has 18 heavy (non-hydrogen) atoms. The van der Waals surface area contributed by atoms with Crippen LogP contribution in [0.15, 0.2) is 24.3 Å². The molecule has 0 saturated carbocycles. The Kier molecular flexibility index (Phi) is 6.56. The molecule has 0 aliphatic carbocycles. The molecule has 2 N–H and O–H groups in total. The predicted molar refractivity (Wildman–Crippen MR) is 79.7 cm³/mol. The van der Waals surface area contributed by atoms with Gasteiger partial charge in [0.25, 0.3) is 0 Å². The summed E-state index contributed by atoms with van der Waals surface area (Å²) in [5.41, 5.74) is 6.39. The Hall–Kier alpha value is -0.690. The first-order valence-corrected chi connectivity index (χ1v) is 7.59. The fourth-order valence-corrected chi connectivity index (χ4v) is 2.63. The molecule has 1 atom stereocenters. The normalized spacial score (nSPS) is 13.9. The van der Waals surface area contributed by atoms with Gasteiger partial charge in [-0.2, -0.15) is 17.0 Å². The van der Waals surface area contributed by atoms with Crippen LogP contribution in [0.25, 0.3) is 0 Å². The van der Waals surface area contributed by atoms with E-state index in [1.165, 1.54) is 5.56 Å². The van der Waals surface area contributed by atoms with E-state index in [1.54, 1.807) is 6.92 Å². The quantitative estimate of drug-likeness (QED) is 0.770. The highest BCUT2D eigenvalue weighted by Crippen LogP contribution is 2.18. The minimum absolute atomic E-state index is 0.666. The lowest BCUT2D eigenvalue weighted by Crippen LogP contribution is -2.33. The fraction of sp³-hybridized carbons (Fsp3) is 0.500. The van der Waals surface area contributed by atoms with Crippen LogP contribution >= 0.6 is 23.4 Å². The average molecular weight is 283 g/mol. The third-order valence-electron chi connectivity index (χ3n) is 2.67. The number of halogens is 1. The van der Waals surface area contributed by atoms with E-state index in [4.69, 9.17) is 22.6 Å². The summed E-state index contributed by atoms with van der Waals surface area (Å²) in [5.74, 6) is 2.11. The minimum Gasteiger partial charge on any atom is -0.314 e. The molecule has 0 fully saturated rings. The van der Waals surface area contributed by atoms with Gasteiger partial charge in [0.05, 0.1) is 6.07 Å². The standard InChI is InChI=1S/C14H19ClN2S/c1-14(17,11-16)8-2-3-9-18-10-12-4-6-13(15)7-5-12/h4-7H,2-3,8-10,17H2,1H3. The molecule has 4 heteroatoms. The van der Waals surface area contributed by atoms with Gasteiger partial charge in [0.15, 0.2) is 0 Å². The lowest BCUT2D eigenvalue weighted by molar-refractivity contribution is 0.519. The van der Waals surface area contributed by atoms with E-state index in [2.05, 4.69) is 18.2 Å². The largest absolute Gasteiger partial charge is 0.314 e. The van der Waals surface area contributed by atoms with Crippen LogP contribution in [0.2, 0.25) is 5.02 Å². The highest BCUT2D eigenvalue weighted by Gasteiger charge is 2.15. The highest BCUT2D eigenvalue weighted by molar-refractivity contribution is 7.98. The monoisotopic (exact) mass is 282 g/mol. The second-order valence-electron chi connectivity index (χ2n) is 4.67. The third-order valence-corrected chi connectivity index (χ3v) is 4.04. The maximum Gasteiger partial charge on any atom is 0.101 e. The summed E-state index contributed by atoms with van der Waals surface area (Å²) in [4.78, 5) is 0. The van der Waals surface area contributed by atoms with Crippen molar-refractivity contribution in [3.8, 4) is 6.07 Å². The summed E-state index contributed by atoms with van der Waals surface area (Å²) in [6.45, 7) is 1.79. The number of nitrogens with two attached hydrogens (primary N) is 1. The van der Waals surface area contributed by atoms with Crippen molar-refractivity contribution in [1.29, 1.82) is 5.26 Å². The predicted octanol–water partition coefficient (Wildman–Crippen LogP) is 3.98. The number of nitriles is 1. The molecule has 0 aromatic heterocycles. The fourth-order valence-electron chi connectivity index (χ4n) is 1.52. The Morgan fingerprint density at radius 3 is 2.61 bits per heavy atom. The highest BCUT2D eigenvalue weighted by atomic mass is 35.5. The first-order valence-electron chi connectivity index (χ1n) is 6.06. The van der Waals surface area contributed by atoms with Crippen LogP contribution in [0.1, 0.15) is 31.7 Å². The Morgan fingerprint density at radius 2 is 2.00 bits per heavy atom. The van der Waals surface area contributed by atoms with Gasteiger partial charge in [-0.3, -0.25) is 0 Å². The summed E-state index contributed by atoms with van der Waals surface area (Å²) >= 11 is 7.73. The average Bonchev–Trinajstić information content (AvgIpc) is 2.36. The van der Waals surface area contributed by atoms with Crippen molar-refractivity contribution in [2.24, 2.45) is 5.73 Å². The molecule has 2 nitrogen and oxygen atoms in total. The van der Waals surface area contributed by atoms with Gasteiger partial charge in [-0.1, -0.05) is 23.7 Å². The van der Waals surface area contributed by atoms with Gasteiger partial charge in [0, 0.05) is 10.8 Å². The van der Waals surface area contributed by atoms with Gasteiger partial charge in [-0.05, 0) is 49.6 Å². The molecule has 0 aliphatic heterocycles. The van der Waals surface area contributed by atoms with Crippen molar-refractivity contribution in [2.75, 3.05) is 5.75 Å². The number of thioether (sulfide) groups is 1. The van der Waals surface area contributed by atoms with Crippen LogP contribution < -0.4 is 5.73 Å². The van der Waals surface area contributed by atoms with Gasteiger partial charge in [0.2, 0.25) is 0 Å². The molecule has 1 unspecified atom stereocenters. The number of nitrogens with zero attached hydrogens (tertiary/aromatic N) is 1. The van der Waals surface area contributed by atoms with Crippen molar-refractivity contribution in [3.05, 3.63) is 34.9 Å². The number of hydrogen-bond acceptors (Lipinski definition) is 3. The molecule has 0 radical (unpaired) electrons. The lowest BCUT2D eigenvalue weighted by atomic mass is 9.99. The maximum absolute atomic E-state index is 8.78. The van der Waals surface area contributed by atoms with Crippen LogP contribution in [0, 0.1) is 11.3 Å². The Labute approximate surface area is 119 Å². The van der Waals surface area contributed by atoms with Crippen LogP contribution in [-0.2, 0) is 5.75 Å². The summed E-state index contributed by atoms with van der Waals surface area (Å²) < 4.78 is 0. The molecule has 0 spiro atoms. The Morgan fingerprint density at radius 1 is 1.33 bits per heavy atom. The van der Waals surface area contributed by atoms with Crippen molar-refractivity contribution in [3.63, 3.8) is 0 Å². The van der Waals surface area contributed by atoms with E-state index in [0.29, 0.717) is 0 Å². The van der Waals surface area contributed by atoms with E-state index < -0.39 is 5.54 Å². The second kappa shape index (κ2) is 7.68. The van der Waals surface area contributed by atoms with E-state index in [1.807, 2.05) is 23.9 Å². The molecule has 0 bridgehead atoms. The third kappa shape index (κ3) is 6.30. The molecular formula is C14H19ClN2S. The number of rotatable bonds is 7. The van der Waals surface area contributed by atoms with Gasteiger partial charge in [-0.15, -0.1) is 0 Å². The van der Waals surface area contributed by atoms with E-state index in [0.717, 1.165) is 35.8 Å². The Balaban J connectivity index is 2.09. The number of unbranched alkanes of at least 4 members (excludes halogenated alkanes) is 1. The Bertz CT molecular complexity index is 395. The van der Waals surface area contributed by atoms with Crippen molar-refractivity contribution < 1.29 is 0 Å². The zero-order chi connectivity index (χ0) is 13.4. The molecule has 0 amide bonds. The summed E-state index contributed by atoms with van der Waals surface area (Å²) in [5, 5.41) is 9.56. The van der Waals surface area contributed by atoms with Gasteiger partial charge in [0.1, 0.15) is 5.54 Å². The van der Waals surface area contributed by atoms with Crippen molar-refractivity contribution >= 4 is 23.4 Å².